The fourth-order valence-electron chi connectivity index (χ4n) is 1.59. The van der Waals surface area contributed by atoms with Gasteiger partial charge in [0.25, 0.3) is 0 Å². The van der Waals surface area contributed by atoms with Crippen LogP contribution in [0.1, 0.15) is 26.7 Å². The second-order valence-electron chi connectivity index (χ2n) is 4.59. The van der Waals surface area contributed by atoms with Crippen LogP contribution in [-0.2, 0) is 0 Å². The van der Waals surface area contributed by atoms with Crippen LogP contribution in [0.3, 0.4) is 0 Å². The van der Waals surface area contributed by atoms with E-state index in [1.54, 1.807) is 0 Å². The highest BCUT2D eigenvalue weighted by atomic mass is 35.5. The first-order chi connectivity index (χ1) is 8.90. The van der Waals surface area contributed by atoms with Gasteiger partial charge >= 0.3 is 6.03 Å². The number of carbonyl (C=O) groups excluding carboxylic acids is 1. The molecule has 1 unspecified atom stereocenters. The topological polar surface area (TPSA) is 61.4 Å². The molecule has 0 fully saturated rings. The van der Waals surface area contributed by atoms with Crippen molar-refractivity contribution >= 4 is 23.3 Å². The molecular weight excluding hydrogens is 271 g/mol. The van der Waals surface area contributed by atoms with E-state index in [-0.39, 0.29) is 17.3 Å². The largest absolute Gasteiger partial charge is 0.396 e. The predicted molar refractivity (Wildman–Crippen MR) is 74.0 cm³/mol. The van der Waals surface area contributed by atoms with E-state index in [0.29, 0.717) is 12.8 Å². The van der Waals surface area contributed by atoms with Crippen LogP contribution < -0.4 is 10.6 Å². The maximum Gasteiger partial charge on any atom is 0.319 e. The van der Waals surface area contributed by atoms with Gasteiger partial charge in [-0.25, -0.2) is 9.18 Å². The van der Waals surface area contributed by atoms with E-state index in [0.717, 1.165) is 6.07 Å². The van der Waals surface area contributed by atoms with Gasteiger partial charge in [0.15, 0.2) is 0 Å². The molecule has 106 valence electrons. The van der Waals surface area contributed by atoms with Gasteiger partial charge in [0.1, 0.15) is 5.82 Å². The van der Waals surface area contributed by atoms with E-state index in [1.165, 1.54) is 12.1 Å². The molecule has 0 aliphatic rings. The summed E-state index contributed by atoms with van der Waals surface area (Å²) in [6.07, 6.45) is 1.09. The maximum atomic E-state index is 13.5. The lowest BCUT2D eigenvalue weighted by molar-refractivity contribution is 0.208. The molecule has 0 saturated heterocycles. The number of rotatable bonds is 5. The van der Waals surface area contributed by atoms with Crippen molar-refractivity contribution in [2.75, 3.05) is 11.9 Å². The Labute approximate surface area is 117 Å². The SMILES string of the molecule is CCC(C)(CCO)NC(=O)Nc1ccc(Cl)cc1F. The third-order valence-electron chi connectivity index (χ3n) is 3.04. The summed E-state index contributed by atoms with van der Waals surface area (Å²) >= 11 is 5.63. The molecule has 1 rings (SSSR count). The number of anilines is 1. The van der Waals surface area contributed by atoms with E-state index in [4.69, 9.17) is 16.7 Å². The van der Waals surface area contributed by atoms with Gasteiger partial charge in [-0.2, -0.15) is 0 Å². The van der Waals surface area contributed by atoms with Crippen LogP contribution in [0.25, 0.3) is 0 Å². The van der Waals surface area contributed by atoms with Gasteiger partial charge < -0.3 is 15.7 Å². The number of amides is 2. The van der Waals surface area contributed by atoms with Crippen molar-refractivity contribution in [3.8, 4) is 0 Å². The minimum Gasteiger partial charge on any atom is -0.396 e. The zero-order chi connectivity index (χ0) is 14.5. The number of urea groups is 1. The third kappa shape index (κ3) is 4.69. The molecule has 0 aliphatic heterocycles. The molecule has 1 aromatic carbocycles. The molecule has 19 heavy (non-hydrogen) atoms. The van der Waals surface area contributed by atoms with Crippen LogP contribution >= 0.6 is 11.6 Å². The quantitative estimate of drug-likeness (QED) is 0.779. The van der Waals surface area contributed by atoms with E-state index < -0.39 is 17.4 Å². The standard InChI is InChI=1S/C13H18ClFN2O2/c1-3-13(2,6-7-18)17-12(19)16-11-5-4-9(14)8-10(11)15/h4-5,8,18H,3,6-7H2,1-2H3,(H2,16,17,19). The van der Waals surface area contributed by atoms with E-state index in [2.05, 4.69) is 10.6 Å². The summed E-state index contributed by atoms with van der Waals surface area (Å²) in [7, 11) is 0. The minimum atomic E-state index is -0.594. The van der Waals surface area contributed by atoms with Crippen molar-refractivity contribution in [1.82, 2.24) is 5.32 Å². The summed E-state index contributed by atoms with van der Waals surface area (Å²) in [5.74, 6) is -0.594. The Balaban J connectivity index is 2.69. The lowest BCUT2D eigenvalue weighted by Crippen LogP contribution is -2.48. The molecule has 0 saturated carbocycles. The molecule has 0 bridgehead atoms. The van der Waals surface area contributed by atoms with Gasteiger partial charge in [-0.15, -0.1) is 0 Å². The van der Waals surface area contributed by atoms with Crippen molar-refractivity contribution in [3.05, 3.63) is 29.0 Å². The number of aliphatic hydroxyl groups excluding tert-OH is 1. The molecular formula is C13H18ClFN2O2. The number of nitrogens with one attached hydrogen (secondary N) is 2. The summed E-state index contributed by atoms with van der Waals surface area (Å²) < 4.78 is 13.5. The lowest BCUT2D eigenvalue weighted by atomic mass is 9.95. The van der Waals surface area contributed by atoms with Gasteiger partial charge in [-0.05, 0) is 38.0 Å². The van der Waals surface area contributed by atoms with E-state index >= 15 is 0 Å². The fourth-order valence-corrected chi connectivity index (χ4v) is 1.75. The zero-order valence-electron chi connectivity index (χ0n) is 11.0. The smallest absolute Gasteiger partial charge is 0.319 e. The monoisotopic (exact) mass is 288 g/mol. The maximum absolute atomic E-state index is 13.5. The first kappa shape index (κ1) is 15.7. The average Bonchev–Trinajstić information content (AvgIpc) is 2.33. The molecule has 4 nitrogen and oxygen atoms in total. The predicted octanol–water partition coefficient (Wildman–Crippen LogP) is 3.15. The third-order valence-corrected chi connectivity index (χ3v) is 3.27. The molecule has 0 aliphatic carbocycles. The van der Waals surface area contributed by atoms with Crippen molar-refractivity contribution in [3.63, 3.8) is 0 Å². The summed E-state index contributed by atoms with van der Waals surface area (Å²) in [5, 5.41) is 14.4. The van der Waals surface area contributed by atoms with Crippen LogP contribution in [0.5, 0.6) is 0 Å². The number of aliphatic hydroxyl groups is 1. The molecule has 0 radical (unpaired) electrons. The van der Waals surface area contributed by atoms with Crippen LogP contribution in [0.4, 0.5) is 14.9 Å². The van der Waals surface area contributed by atoms with Gasteiger partial charge in [0.05, 0.1) is 5.69 Å². The number of halogens is 2. The number of carbonyl (C=O) groups is 1. The Morgan fingerprint density at radius 1 is 1.53 bits per heavy atom. The molecule has 0 heterocycles. The van der Waals surface area contributed by atoms with Crippen molar-refractivity contribution in [1.29, 1.82) is 0 Å². The van der Waals surface area contributed by atoms with Crippen LogP contribution in [0.15, 0.2) is 18.2 Å². The minimum absolute atomic E-state index is 0.0279. The van der Waals surface area contributed by atoms with Crippen molar-refractivity contribution < 1.29 is 14.3 Å². The second-order valence-corrected chi connectivity index (χ2v) is 5.03. The van der Waals surface area contributed by atoms with Crippen LogP contribution in [0.2, 0.25) is 5.02 Å². The van der Waals surface area contributed by atoms with E-state index in [1.807, 2.05) is 13.8 Å². The number of benzene rings is 1. The summed E-state index contributed by atoms with van der Waals surface area (Å²) in [4.78, 5) is 11.8. The lowest BCUT2D eigenvalue weighted by Gasteiger charge is -2.29. The Morgan fingerprint density at radius 2 is 2.21 bits per heavy atom. The van der Waals surface area contributed by atoms with Gasteiger partial charge in [-0.3, -0.25) is 0 Å². The van der Waals surface area contributed by atoms with Crippen molar-refractivity contribution in [2.24, 2.45) is 0 Å². The van der Waals surface area contributed by atoms with Crippen molar-refractivity contribution in [2.45, 2.75) is 32.2 Å². The average molecular weight is 289 g/mol. The Hall–Kier alpha value is -1.33. The molecule has 6 heteroatoms. The molecule has 1 aromatic rings. The summed E-state index contributed by atoms with van der Waals surface area (Å²) in [6, 6.07) is 3.50. The van der Waals surface area contributed by atoms with Gasteiger partial charge in [0, 0.05) is 17.2 Å². The summed E-state index contributed by atoms with van der Waals surface area (Å²) in [5.41, 5.74) is -0.466. The Bertz CT molecular complexity index is 456. The second kappa shape index (κ2) is 6.73. The summed E-state index contributed by atoms with van der Waals surface area (Å²) in [6.45, 7) is 3.69. The number of hydrogen-bond donors (Lipinski definition) is 3. The first-order valence-electron chi connectivity index (χ1n) is 6.05. The molecule has 0 spiro atoms. The molecule has 1 atom stereocenters. The molecule has 2 amide bonds. The van der Waals surface area contributed by atoms with Gasteiger partial charge in [-0.1, -0.05) is 18.5 Å². The van der Waals surface area contributed by atoms with E-state index in [9.17, 15) is 9.18 Å². The first-order valence-corrected chi connectivity index (χ1v) is 6.43. The highest BCUT2D eigenvalue weighted by Gasteiger charge is 2.23. The van der Waals surface area contributed by atoms with Crippen LogP contribution in [0, 0.1) is 5.82 Å². The number of hydrogen-bond acceptors (Lipinski definition) is 2. The van der Waals surface area contributed by atoms with Gasteiger partial charge in [0.2, 0.25) is 0 Å². The fraction of sp³-hybridized carbons (Fsp3) is 0.462. The Kier molecular flexibility index (Phi) is 5.57. The zero-order valence-corrected chi connectivity index (χ0v) is 11.7. The highest BCUT2D eigenvalue weighted by molar-refractivity contribution is 6.30. The molecule has 3 N–H and O–H groups in total. The Morgan fingerprint density at radius 3 is 2.74 bits per heavy atom. The normalized spacial score (nSPS) is 13.7. The van der Waals surface area contributed by atoms with Crippen LogP contribution in [-0.4, -0.2) is 23.3 Å². The molecule has 0 aromatic heterocycles. The highest BCUT2D eigenvalue weighted by Crippen LogP contribution is 2.19.